The number of carbonyl (C=O) groups excluding carboxylic acids is 2. The zero-order valence-electron chi connectivity index (χ0n) is 18.1. The number of aromatic hydroxyl groups is 1. The molecule has 174 valence electrons. The highest BCUT2D eigenvalue weighted by Crippen LogP contribution is 2.44. The van der Waals surface area contributed by atoms with Crippen LogP contribution in [0.5, 0.6) is 17.2 Å². The van der Waals surface area contributed by atoms with E-state index in [0.29, 0.717) is 17.4 Å². The number of amides is 1. The first-order chi connectivity index (χ1) is 16.3. The Morgan fingerprint density at radius 3 is 2.26 bits per heavy atom. The van der Waals surface area contributed by atoms with Crippen LogP contribution in [0.15, 0.2) is 66.2 Å². The Balaban J connectivity index is 1.98. The fraction of sp³-hybridized carbons (Fsp3) is 0.120. The molecule has 1 saturated heterocycles. The third-order valence-electron chi connectivity index (χ3n) is 5.49. The van der Waals surface area contributed by atoms with Gasteiger partial charge in [-0.3, -0.25) is 14.5 Å². The number of aliphatic hydroxyl groups excluding tert-OH is 1. The van der Waals surface area contributed by atoms with Crippen molar-refractivity contribution in [3.05, 3.63) is 89.0 Å². The number of methoxy groups -OCH3 is 2. The molecule has 1 aliphatic heterocycles. The fourth-order valence-electron chi connectivity index (χ4n) is 3.87. The number of benzene rings is 3. The summed E-state index contributed by atoms with van der Waals surface area (Å²) in [4.78, 5) is 27.1. The Kier molecular flexibility index (Phi) is 5.93. The van der Waals surface area contributed by atoms with Gasteiger partial charge in [-0.1, -0.05) is 12.1 Å². The maximum atomic E-state index is 14.7. The van der Waals surface area contributed by atoms with Crippen molar-refractivity contribution < 1.29 is 38.1 Å². The molecule has 0 spiro atoms. The van der Waals surface area contributed by atoms with Gasteiger partial charge < -0.3 is 19.7 Å². The SMILES string of the molecule is COc1ccc(/C(O)=C2/C(=O)C(=O)N(c3ccc(F)cc3F)C2c2ccc(O)cc2)c(OC)c1. The summed E-state index contributed by atoms with van der Waals surface area (Å²) in [6.07, 6.45) is 0. The lowest BCUT2D eigenvalue weighted by molar-refractivity contribution is -0.132. The van der Waals surface area contributed by atoms with Crippen molar-refractivity contribution in [2.24, 2.45) is 0 Å². The molecule has 34 heavy (non-hydrogen) atoms. The molecule has 7 nitrogen and oxygen atoms in total. The Labute approximate surface area is 193 Å². The van der Waals surface area contributed by atoms with Gasteiger partial charge in [0.25, 0.3) is 11.7 Å². The van der Waals surface area contributed by atoms with Crippen molar-refractivity contribution in [1.82, 2.24) is 0 Å². The molecule has 9 heteroatoms. The van der Waals surface area contributed by atoms with Crippen molar-refractivity contribution in [1.29, 1.82) is 0 Å². The van der Waals surface area contributed by atoms with E-state index >= 15 is 0 Å². The highest BCUT2D eigenvalue weighted by molar-refractivity contribution is 6.51. The molecule has 0 bridgehead atoms. The lowest BCUT2D eigenvalue weighted by Gasteiger charge is -2.26. The topological polar surface area (TPSA) is 96.3 Å². The molecular formula is C25H19F2NO6. The van der Waals surface area contributed by atoms with E-state index in [0.717, 1.165) is 17.0 Å². The Morgan fingerprint density at radius 2 is 1.65 bits per heavy atom. The zero-order chi connectivity index (χ0) is 24.6. The normalized spacial score (nSPS) is 17.2. The highest BCUT2D eigenvalue weighted by Gasteiger charge is 2.48. The first kappa shape index (κ1) is 22.8. The number of hydrogen-bond acceptors (Lipinski definition) is 6. The van der Waals surface area contributed by atoms with Crippen LogP contribution in [0.25, 0.3) is 5.76 Å². The fourth-order valence-corrected chi connectivity index (χ4v) is 3.87. The number of anilines is 1. The van der Waals surface area contributed by atoms with Crippen LogP contribution in [-0.4, -0.2) is 36.1 Å². The summed E-state index contributed by atoms with van der Waals surface area (Å²) in [5.41, 5.74) is -0.274. The predicted octanol–water partition coefficient (Wildman–Crippen LogP) is 4.31. The summed E-state index contributed by atoms with van der Waals surface area (Å²) in [6, 6.07) is 11.3. The second-order valence-corrected chi connectivity index (χ2v) is 7.42. The molecule has 1 fully saturated rings. The minimum absolute atomic E-state index is 0.0783. The van der Waals surface area contributed by atoms with Gasteiger partial charge >= 0.3 is 0 Å². The van der Waals surface area contributed by atoms with Gasteiger partial charge in [-0.05, 0) is 42.0 Å². The van der Waals surface area contributed by atoms with Crippen LogP contribution in [0, 0.1) is 11.6 Å². The van der Waals surface area contributed by atoms with Gasteiger partial charge in [0.15, 0.2) is 0 Å². The number of rotatable bonds is 5. The number of aliphatic hydroxyl groups is 1. The molecule has 0 aliphatic carbocycles. The smallest absolute Gasteiger partial charge is 0.300 e. The summed E-state index contributed by atoms with van der Waals surface area (Å²) in [7, 11) is 2.80. The van der Waals surface area contributed by atoms with Gasteiger partial charge in [0.2, 0.25) is 0 Å². The lowest BCUT2D eigenvalue weighted by Crippen LogP contribution is -2.30. The standard InChI is InChI=1S/C25H19F2NO6/c1-33-16-8-9-17(20(12-16)34-2)23(30)21-22(13-3-6-15(29)7-4-13)28(25(32)24(21)31)19-10-5-14(26)11-18(19)27/h3-12,22,29-30H,1-2H3/b23-21-. The van der Waals surface area contributed by atoms with Crippen LogP contribution in [0.3, 0.4) is 0 Å². The maximum Gasteiger partial charge on any atom is 0.300 e. The Bertz CT molecular complexity index is 1320. The van der Waals surface area contributed by atoms with Crippen molar-refractivity contribution in [3.8, 4) is 17.2 Å². The highest BCUT2D eigenvalue weighted by atomic mass is 19.1. The van der Waals surface area contributed by atoms with Crippen LogP contribution in [0.4, 0.5) is 14.5 Å². The van der Waals surface area contributed by atoms with Crippen LogP contribution < -0.4 is 14.4 Å². The van der Waals surface area contributed by atoms with Crippen LogP contribution >= 0.6 is 0 Å². The number of phenolic OH excluding ortho intramolecular Hbond substituents is 1. The van der Waals surface area contributed by atoms with E-state index in [-0.39, 0.29) is 28.3 Å². The minimum Gasteiger partial charge on any atom is -0.508 e. The Hall–Kier alpha value is -4.40. The number of ether oxygens (including phenoxy) is 2. The number of ketones is 1. The predicted molar refractivity (Wildman–Crippen MR) is 119 cm³/mol. The molecule has 4 rings (SSSR count). The van der Waals surface area contributed by atoms with Gasteiger partial charge in [0.1, 0.15) is 34.6 Å². The number of halogens is 2. The first-order valence-electron chi connectivity index (χ1n) is 10.0. The van der Waals surface area contributed by atoms with Gasteiger partial charge in [-0.25, -0.2) is 8.78 Å². The quantitative estimate of drug-likeness (QED) is 0.330. The van der Waals surface area contributed by atoms with E-state index in [2.05, 4.69) is 0 Å². The monoisotopic (exact) mass is 467 g/mol. The molecule has 1 heterocycles. The van der Waals surface area contributed by atoms with Gasteiger partial charge in [0.05, 0.1) is 37.1 Å². The molecule has 0 radical (unpaired) electrons. The molecular weight excluding hydrogens is 448 g/mol. The largest absolute Gasteiger partial charge is 0.508 e. The summed E-state index contributed by atoms with van der Waals surface area (Å²) < 4.78 is 38.7. The summed E-state index contributed by atoms with van der Waals surface area (Å²) in [5, 5.41) is 20.9. The molecule has 1 unspecified atom stereocenters. The second kappa shape index (κ2) is 8.86. The number of Topliss-reactive ketones (excluding diaryl/α,β-unsaturated/α-hetero) is 1. The molecule has 3 aromatic carbocycles. The van der Waals surface area contributed by atoms with Crippen LogP contribution in [-0.2, 0) is 9.59 Å². The summed E-state index contributed by atoms with van der Waals surface area (Å²) in [6.45, 7) is 0. The van der Waals surface area contributed by atoms with E-state index < -0.39 is 35.1 Å². The third kappa shape index (κ3) is 3.81. The number of phenols is 1. The van der Waals surface area contributed by atoms with E-state index in [1.165, 1.54) is 56.7 Å². The van der Waals surface area contributed by atoms with E-state index in [4.69, 9.17) is 9.47 Å². The Morgan fingerprint density at radius 1 is 0.941 bits per heavy atom. The van der Waals surface area contributed by atoms with Crippen molar-refractivity contribution in [3.63, 3.8) is 0 Å². The minimum atomic E-state index is -1.27. The number of carbonyl (C=O) groups is 2. The molecule has 1 atom stereocenters. The van der Waals surface area contributed by atoms with Gasteiger partial charge in [-0.15, -0.1) is 0 Å². The molecule has 0 aromatic heterocycles. The van der Waals surface area contributed by atoms with Gasteiger partial charge in [0, 0.05) is 12.1 Å². The van der Waals surface area contributed by atoms with Crippen molar-refractivity contribution >= 4 is 23.1 Å². The lowest BCUT2D eigenvalue weighted by atomic mass is 9.94. The first-order valence-corrected chi connectivity index (χ1v) is 10.0. The molecule has 1 amide bonds. The second-order valence-electron chi connectivity index (χ2n) is 7.42. The van der Waals surface area contributed by atoms with Crippen LogP contribution in [0.1, 0.15) is 17.2 Å². The van der Waals surface area contributed by atoms with Crippen molar-refractivity contribution in [2.75, 3.05) is 19.1 Å². The average Bonchev–Trinajstić information content (AvgIpc) is 3.09. The zero-order valence-corrected chi connectivity index (χ0v) is 18.1. The molecule has 0 saturated carbocycles. The molecule has 1 aliphatic rings. The average molecular weight is 467 g/mol. The van der Waals surface area contributed by atoms with E-state index in [1.54, 1.807) is 0 Å². The van der Waals surface area contributed by atoms with E-state index in [1.807, 2.05) is 0 Å². The summed E-state index contributed by atoms with van der Waals surface area (Å²) >= 11 is 0. The van der Waals surface area contributed by atoms with Gasteiger partial charge in [-0.2, -0.15) is 0 Å². The number of nitrogens with zero attached hydrogens (tertiary/aromatic N) is 1. The number of hydrogen-bond donors (Lipinski definition) is 2. The van der Waals surface area contributed by atoms with Crippen molar-refractivity contribution in [2.45, 2.75) is 6.04 Å². The summed E-state index contributed by atoms with van der Waals surface area (Å²) in [5.74, 6) is -4.14. The third-order valence-corrected chi connectivity index (χ3v) is 5.49. The molecule has 2 N–H and O–H groups in total. The molecule has 3 aromatic rings. The van der Waals surface area contributed by atoms with E-state index in [9.17, 15) is 28.6 Å². The van der Waals surface area contributed by atoms with Crippen LogP contribution in [0.2, 0.25) is 0 Å². The maximum absolute atomic E-state index is 14.7.